The summed E-state index contributed by atoms with van der Waals surface area (Å²) in [6.45, 7) is 4.12. The second kappa shape index (κ2) is 9.68. The summed E-state index contributed by atoms with van der Waals surface area (Å²) in [4.78, 5) is 21.0. The first-order valence-electron chi connectivity index (χ1n) is 12.2. The standard InChI is InChI=1S/C27H29FN6O3/c1-27(2,14-17-8-10-19(11-9-17)37-18-6-4-3-5-7-18)23-22-24(29)30-16-31-25(22)34(32-23)21-12-13-33(26(35)36)15-20(21)28/h3-11,16,20-21H,12-15H2,1-2H3,(H,35,36)(H2,29,30,31)/t20-,21+/m0/s1. The Balaban J connectivity index is 1.43. The van der Waals surface area contributed by atoms with E-state index in [0.29, 0.717) is 23.1 Å². The van der Waals surface area contributed by atoms with Crippen LogP contribution in [0.1, 0.15) is 37.6 Å². The first-order valence-corrected chi connectivity index (χ1v) is 12.2. The summed E-state index contributed by atoms with van der Waals surface area (Å²) in [7, 11) is 0. The molecular formula is C27H29FN6O3. The van der Waals surface area contributed by atoms with Crippen LogP contribution in [0.3, 0.4) is 0 Å². The Bertz CT molecular complexity index is 1410. The third-order valence-electron chi connectivity index (χ3n) is 6.80. The number of aromatic nitrogens is 4. The van der Waals surface area contributed by atoms with Crippen LogP contribution in [0, 0.1) is 0 Å². The maximum atomic E-state index is 15.2. The number of alkyl halides is 1. The van der Waals surface area contributed by atoms with E-state index in [1.165, 1.54) is 6.33 Å². The Morgan fingerprint density at radius 2 is 1.84 bits per heavy atom. The zero-order valence-electron chi connectivity index (χ0n) is 20.7. The van der Waals surface area contributed by atoms with Crippen LogP contribution in [0.15, 0.2) is 60.9 Å². The first-order chi connectivity index (χ1) is 17.7. The van der Waals surface area contributed by atoms with Gasteiger partial charge in [0.15, 0.2) is 5.65 Å². The van der Waals surface area contributed by atoms with Crippen molar-refractivity contribution >= 4 is 22.9 Å². The van der Waals surface area contributed by atoms with Crippen LogP contribution in [0.5, 0.6) is 11.5 Å². The predicted octanol–water partition coefficient (Wildman–Crippen LogP) is 4.98. The van der Waals surface area contributed by atoms with Gasteiger partial charge in [0.25, 0.3) is 0 Å². The normalized spacial score (nSPS) is 18.2. The summed E-state index contributed by atoms with van der Waals surface area (Å²) in [5, 5.41) is 14.7. The molecule has 0 spiro atoms. The summed E-state index contributed by atoms with van der Waals surface area (Å²) >= 11 is 0. The van der Waals surface area contributed by atoms with Crippen LogP contribution < -0.4 is 10.5 Å². The third-order valence-corrected chi connectivity index (χ3v) is 6.80. The molecule has 4 aromatic rings. The van der Waals surface area contributed by atoms with Gasteiger partial charge in [-0.1, -0.05) is 44.2 Å². The van der Waals surface area contributed by atoms with Crippen LogP contribution in [0.4, 0.5) is 15.0 Å². The smallest absolute Gasteiger partial charge is 0.407 e. The van der Waals surface area contributed by atoms with E-state index in [1.54, 1.807) is 4.68 Å². The molecule has 2 aromatic carbocycles. The van der Waals surface area contributed by atoms with Crippen LogP contribution in [-0.2, 0) is 11.8 Å². The van der Waals surface area contributed by atoms with Crippen molar-refractivity contribution in [1.82, 2.24) is 24.6 Å². The largest absolute Gasteiger partial charge is 0.465 e. The van der Waals surface area contributed by atoms with Gasteiger partial charge in [-0.05, 0) is 42.7 Å². The number of ether oxygens (including phenoxy) is 1. The average molecular weight is 505 g/mol. The van der Waals surface area contributed by atoms with Crippen molar-refractivity contribution in [3.8, 4) is 11.5 Å². The van der Waals surface area contributed by atoms with Gasteiger partial charge in [0.05, 0.1) is 23.7 Å². The van der Waals surface area contributed by atoms with Gasteiger partial charge in [0.1, 0.15) is 29.8 Å². The van der Waals surface area contributed by atoms with E-state index in [4.69, 9.17) is 15.6 Å². The first kappa shape index (κ1) is 24.5. The van der Waals surface area contributed by atoms with E-state index in [0.717, 1.165) is 22.0 Å². The molecule has 0 saturated carbocycles. The van der Waals surface area contributed by atoms with Crippen LogP contribution in [0.2, 0.25) is 0 Å². The molecule has 1 fully saturated rings. The molecule has 1 saturated heterocycles. The fourth-order valence-electron chi connectivity index (χ4n) is 4.94. The summed E-state index contributed by atoms with van der Waals surface area (Å²) in [5.74, 6) is 1.79. The van der Waals surface area contributed by atoms with Crippen molar-refractivity contribution in [2.24, 2.45) is 0 Å². The number of benzene rings is 2. The molecule has 1 aliphatic heterocycles. The molecule has 37 heavy (non-hydrogen) atoms. The summed E-state index contributed by atoms with van der Waals surface area (Å²) in [5.41, 5.74) is 8.00. The molecule has 9 nitrogen and oxygen atoms in total. The molecule has 0 aliphatic carbocycles. The van der Waals surface area contributed by atoms with Crippen LogP contribution in [0.25, 0.3) is 11.0 Å². The molecule has 5 rings (SSSR count). The van der Waals surface area contributed by atoms with E-state index >= 15 is 4.39 Å². The molecule has 0 radical (unpaired) electrons. The highest BCUT2D eigenvalue weighted by Gasteiger charge is 2.37. The number of rotatable bonds is 6. The highest BCUT2D eigenvalue weighted by atomic mass is 19.1. The number of nitrogen functional groups attached to an aromatic ring is 1. The lowest BCUT2D eigenvalue weighted by molar-refractivity contribution is 0.0764. The number of carboxylic acid groups (broad SMARTS) is 1. The van der Waals surface area contributed by atoms with Crippen molar-refractivity contribution in [2.45, 2.75) is 44.3 Å². The number of likely N-dealkylation sites (tertiary alicyclic amines) is 1. The second-order valence-electron chi connectivity index (χ2n) is 9.97. The Hall–Kier alpha value is -4.21. The number of para-hydroxylation sites is 1. The van der Waals surface area contributed by atoms with Gasteiger partial charge in [-0.25, -0.2) is 23.8 Å². The van der Waals surface area contributed by atoms with E-state index in [9.17, 15) is 9.90 Å². The highest BCUT2D eigenvalue weighted by molar-refractivity contribution is 5.89. The van der Waals surface area contributed by atoms with Gasteiger partial charge in [-0.2, -0.15) is 5.10 Å². The number of hydrogen-bond donors (Lipinski definition) is 2. The van der Waals surface area contributed by atoms with Crippen molar-refractivity contribution < 1.29 is 19.0 Å². The molecule has 2 aromatic heterocycles. The number of nitrogens with zero attached hydrogens (tertiary/aromatic N) is 5. The van der Waals surface area contributed by atoms with Crippen molar-refractivity contribution in [3.05, 3.63) is 72.2 Å². The topological polar surface area (TPSA) is 119 Å². The average Bonchev–Trinajstić information content (AvgIpc) is 3.27. The molecular weight excluding hydrogens is 475 g/mol. The Kier molecular flexibility index (Phi) is 6.41. The van der Waals surface area contributed by atoms with Crippen LogP contribution >= 0.6 is 0 Å². The summed E-state index contributed by atoms with van der Waals surface area (Å²) < 4.78 is 22.6. The van der Waals surface area contributed by atoms with Crippen molar-refractivity contribution in [2.75, 3.05) is 18.8 Å². The Labute approximate surface area is 213 Å². The van der Waals surface area contributed by atoms with Crippen LogP contribution in [-0.4, -0.2) is 55.1 Å². The summed E-state index contributed by atoms with van der Waals surface area (Å²) in [6, 6.07) is 16.8. The van der Waals surface area contributed by atoms with E-state index in [1.807, 2.05) is 54.6 Å². The van der Waals surface area contributed by atoms with Gasteiger partial charge in [-0.3, -0.25) is 0 Å². The lowest BCUT2D eigenvalue weighted by atomic mass is 9.81. The number of piperidine rings is 1. The monoisotopic (exact) mass is 504 g/mol. The lowest BCUT2D eigenvalue weighted by Gasteiger charge is -2.33. The number of carbonyl (C=O) groups is 1. The van der Waals surface area contributed by atoms with E-state index < -0.39 is 23.7 Å². The van der Waals surface area contributed by atoms with Gasteiger partial charge in [0.2, 0.25) is 0 Å². The highest BCUT2D eigenvalue weighted by Crippen LogP contribution is 2.37. The molecule has 3 heterocycles. The molecule has 2 atom stereocenters. The molecule has 3 N–H and O–H groups in total. The zero-order valence-corrected chi connectivity index (χ0v) is 20.7. The zero-order chi connectivity index (χ0) is 26.2. The number of hydrogen-bond acceptors (Lipinski definition) is 6. The lowest BCUT2D eigenvalue weighted by Crippen LogP contribution is -2.45. The number of halogens is 1. The number of amides is 1. The Morgan fingerprint density at radius 3 is 2.51 bits per heavy atom. The van der Waals surface area contributed by atoms with Crippen molar-refractivity contribution in [3.63, 3.8) is 0 Å². The molecule has 192 valence electrons. The number of anilines is 1. The van der Waals surface area contributed by atoms with Gasteiger partial charge >= 0.3 is 6.09 Å². The molecule has 1 amide bonds. The summed E-state index contributed by atoms with van der Waals surface area (Å²) in [6.07, 6.45) is -0.276. The predicted molar refractivity (Wildman–Crippen MR) is 138 cm³/mol. The van der Waals surface area contributed by atoms with E-state index in [-0.39, 0.29) is 25.3 Å². The minimum absolute atomic E-state index is 0.210. The molecule has 0 unspecified atom stereocenters. The number of fused-ring (bicyclic) bond motifs is 1. The maximum Gasteiger partial charge on any atom is 0.407 e. The van der Waals surface area contributed by atoms with Crippen molar-refractivity contribution in [1.29, 1.82) is 0 Å². The molecule has 10 heteroatoms. The number of nitrogens with two attached hydrogens (primary N) is 1. The fraction of sp³-hybridized carbons (Fsp3) is 0.333. The van der Waals surface area contributed by atoms with Gasteiger partial charge in [0, 0.05) is 12.0 Å². The third kappa shape index (κ3) is 4.91. The Morgan fingerprint density at radius 1 is 1.14 bits per heavy atom. The SMILES string of the molecule is CC(C)(Cc1ccc(Oc2ccccc2)cc1)c1nn([C@@H]2CCN(C(=O)O)C[C@@H]2F)c2ncnc(N)c12. The minimum atomic E-state index is -1.42. The fourth-order valence-corrected chi connectivity index (χ4v) is 4.94. The van der Waals surface area contributed by atoms with Gasteiger partial charge in [-0.15, -0.1) is 0 Å². The minimum Gasteiger partial charge on any atom is -0.465 e. The molecule has 0 bridgehead atoms. The maximum absolute atomic E-state index is 15.2. The molecule has 1 aliphatic rings. The van der Waals surface area contributed by atoms with E-state index in [2.05, 4.69) is 23.8 Å². The quantitative estimate of drug-likeness (QED) is 0.380. The van der Waals surface area contributed by atoms with Gasteiger partial charge < -0.3 is 20.5 Å². The second-order valence-corrected chi connectivity index (χ2v) is 9.97.